The van der Waals surface area contributed by atoms with Crippen LogP contribution in [0.1, 0.15) is 29.8 Å². The molecule has 1 fully saturated rings. The molecule has 0 radical (unpaired) electrons. The maximum absolute atomic E-state index is 4.72. The predicted molar refractivity (Wildman–Crippen MR) is 107 cm³/mol. The summed E-state index contributed by atoms with van der Waals surface area (Å²) in [5, 5.41) is 12.4. The summed E-state index contributed by atoms with van der Waals surface area (Å²) in [5.41, 5.74) is 5.43. The van der Waals surface area contributed by atoms with Crippen LogP contribution in [-0.2, 0) is 12.8 Å². The summed E-state index contributed by atoms with van der Waals surface area (Å²) >= 11 is 0. The zero-order chi connectivity index (χ0) is 18.2. The van der Waals surface area contributed by atoms with Crippen molar-refractivity contribution in [3.63, 3.8) is 0 Å². The average Bonchev–Trinajstić information content (AvgIpc) is 2.67. The summed E-state index contributed by atoms with van der Waals surface area (Å²) in [6.07, 6.45) is 4.75. The van der Waals surface area contributed by atoms with Crippen LogP contribution < -0.4 is 10.2 Å². The summed E-state index contributed by atoms with van der Waals surface area (Å²) in [6.45, 7) is 4.95. The third kappa shape index (κ3) is 3.20. The summed E-state index contributed by atoms with van der Waals surface area (Å²) in [4.78, 5) is 11.7. The van der Waals surface area contributed by atoms with Gasteiger partial charge in [-0.2, -0.15) is 5.10 Å². The van der Waals surface area contributed by atoms with E-state index in [-0.39, 0.29) is 0 Å². The van der Waals surface area contributed by atoms with Gasteiger partial charge in [-0.1, -0.05) is 12.1 Å². The maximum Gasteiger partial charge on any atom is 0.151 e. The number of para-hydroxylation sites is 2. The Hall–Kier alpha value is -2.76. The number of rotatable bonds is 4. The Morgan fingerprint density at radius 2 is 1.81 bits per heavy atom. The van der Waals surface area contributed by atoms with E-state index in [1.807, 2.05) is 31.2 Å². The first-order chi connectivity index (χ1) is 13.3. The van der Waals surface area contributed by atoms with Crippen molar-refractivity contribution in [2.24, 2.45) is 5.92 Å². The van der Waals surface area contributed by atoms with Gasteiger partial charge < -0.3 is 10.2 Å². The minimum atomic E-state index is 0.593. The summed E-state index contributed by atoms with van der Waals surface area (Å²) in [5.74, 6) is 2.52. The summed E-state index contributed by atoms with van der Waals surface area (Å²) in [7, 11) is 0. The third-order valence-electron chi connectivity index (χ3n) is 5.64. The van der Waals surface area contributed by atoms with Crippen molar-refractivity contribution in [3.05, 3.63) is 47.3 Å². The molecule has 0 atom stereocenters. The minimum Gasteiger partial charge on any atom is -0.368 e. The van der Waals surface area contributed by atoms with Crippen LogP contribution in [0.3, 0.4) is 0 Å². The molecule has 2 aromatic heterocycles. The van der Waals surface area contributed by atoms with Crippen molar-refractivity contribution < 1.29 is 0 Å². The second-order valence-corrected chi connectivity index (χ2v) is 7.68. The van der Waals surface area contributed by atoms with Gasteiger partial charge in [0.05, 0.1) is 22.4 Å². The van der Waals surface area contributed by atoms with Crippen LogP contribution in [0, 0.1) is 12.8 Å². The largest absolute Gasteiger partial charge is 0.368 e. The molecule has 0 saturated carbocycles. The molecule has 1 N–H and O–H groups in total. The molecule has 1 aliphatic heterocycles. The second-order valence-electron chi connectivity index (χ2n) is 7.68. The number of aryl methyl sites for hydroxylation is 3. The molecule has 6 nitrogen and oxygen atoms in total. The van der Waals surface area contributed by atoms with Crippen LogP contribution in [0.25, 0.3) is 11.0 Å². The van der Waals surface area contributed by atoms with Crippen LogP contribution in [0.15, 0.2) is 30.3 Å². The molecule has 0 amide bonds. The summed E-state index contributed by atoms with van der Waals surface area (Å²) < 4.78 is 0. The molecule has 1 aliphatic carbocycles. The first-order valence-corrected chi connectivity index (χ1v) is 9.84. The molecule has 3 heterocycles. The van der Waals surface area contributed by atoms with Crippen molar-refractivity contribution >= 4 is 22.7 Å². The van der Waals surface area contributed by atoms with E-state index in [9.17, 15) is 0 Å². The molecular formula is C21H24N6. The molecule has 0 spiro atoms. The lowest BCUT2D eigenvalue weighted by Crippen LogP contribution is -2.50. The number of nitrogens with one attached hydrogen (secondary N) is 1. The van der Waals surface area contributed by atoms with Crippen LogP contribution in [0.4, 0.5) is 11.6 Å². The average molecular weight is 360 g/mol. The highest BCUT2D eigenvalue weighted by Crippen LogP contribution is 2.27. The van der Waals surface area contributed by atoms with E-state index in [1.165, 1.54) is 24.1 Å². The SMILES string of the molecule is Cc1nc2ccccc2nc1NCC1CN(c2cc3c(nn2)CCCC3)C1. The molecule has 0 unspecified atom stereocenters. The van der Waals surface area contributed by atoms with Gasteiger partial charge in [0, 0.05) is 25.6 Å². The second kappa shape index (κ2) is 6.76. The molecule has 2 aliphatic rings. The van der Waals surface area contributed by atoms with Crippen LogP contribution in [-0.4, -0.2) is 39.8 Å². The zero-order valence-corrected chi connectivity index (χ0v) is 15.6. The monoisotopic (exact) mass is 360 g/mol. The normalized spacial score (nSPS) is 16.9. The highest BCUT2D eigenvalue weighted by Gasteiger charge is 2.29. The van der Waals surface area contributed by atoms with Gasteiger partial charge in [-0.15, -0.1) is 5.10 Å². The molecule has 6 heteroatoms. The van der Waals surface area contributed by atoms with Crippen molar-refractivity contribution in [1.82, 2.24) is 20.2 Å². The number of fused-ring (bicyclic) bond motifs is 2. The van der Waals surface area contributed by atoms with Gasteiger partial charge in [-0.05, 0) is 56.4 Å². The molecule has 0 bridgehead atoms. The van der Waals surface area contributed by atoms with Crippen LogP contribution in [0.5, 0.6) is 0 Å². The fourth-order valence-electron chi connectivity index (χ4n) is 4.02. The van der Waals surface area contributed by atoms with E-state index >= 15 is 0 Å². The van der Waals surface area contributed by atoms with Gasteiger partial charge in [0.2, 0.25) is 0 Å². The lowest BCUT2D eigenvalue weighted by Gasteiger charge is -2.40. The van der Waals surface area contributed by atoms with Crippen molar-refractivity contribution in [2.45, 2.75) is 32.6 Å². The standard InChI is InChI=1S/C21H24N6/c1-14-21(24-19-9-5-4-8-18(19)23-14)22-11-15-12-27(13-15)20-10-16-6-2-3-7-17(16)25-26-20/h4-5,8-10,15H,2-3,6-7,11-13H2,1H3,(H,22,24). The minimum absolute atomic E-state index is 0.593. The Bertz CT molecular complexity index is 980. The van der Waals surface area contributed by atoms with Crippen LogP contribution >= 0.6 is 0 Å². The van der Waals surface area contributed by atoms with Crippen LogP contribution in [0.2, 0.25) is 0 Å². The van der Waals surface area contributed by atoms with E-state index in [2.05, 4.69) is 31.5 Å². The number of nitrogens with zero attached hydrogens (tertiary/aromatic N) is 5. The Kier molecular flexibility index (Phi) is 4.11. The van der Waals surface area contributed by atoms with E-state index < -0.39 is 0 Å². The first-order valence-electron chi connectivity index (χ1n) is 9.84. The zero-order valence-electron chi connectivity index (χ0n) is 15.6. The highest BCUT2D eigenvalue weighted by atomic mass is 15.3. The Balaban J connectivity index is 1.20. The predicted octanol–water partition coefficient (Wildman–Crippen LogP) is 3.16. The number of anilines is 2. The van der Waals surface area contributed by atoms with Gasteiger partial charge in [0.25, 0.3) is 0 Å². The Morgan fingerprint density at radius 3 is 2.67 bits per heavy atom. The fourth-order valence-corrected chi connectivity index (χ4v) is 4.02. The van der Waals surface area contributed by atoms with Crippen molar-refractivity contribution in [1.29, 1.82) is 0 Å². The third-order valence-corrected chi connectivity index (χ3v) is 5.64. The molecule has 3 aromatic rings. The molecule has 1 saturated heterocycles. The van der Waals surface area contributed by atoms with Gasteiger partial charge >= 0.3 is 0 Å². The van der Waals surface area contributed by atoms with Gasteiger partial charge in [-0.3, -0.25) is 0 Å². The van der Waals surface area contributed by atoms with E-state index in [0.717, 1.165) is 60.8 Å². The molecular weight excluding hydrogens is 336 g/mol. The maximum atomic E-state index is 4.72. The molecule has 5 rings (SSSR count). The molecule has 138 valence electrons. The first kappa shape index (κ1) is 16.4. The number of aromatic nitrogens is 4. The van der Waals surface area contributed by atoms with Gasteiger partial charge in [-0.25, -0.2) is 9.97 Å². The number of hydrogen-bond acceptors (Lipinski definition) is 6. The smallest absolute Gasteiger partial charge is 0.151 e. The van der Waals surface area contributed by atoms with Crippen molar-refractivity contribution in [2.75, 3.05) is 29.9 Å². The lowest BCUT2D eigenvalue weighted by atomic mass is 9.95. The van der Waals surface area contributed by atoms with E-state index in [1.54, 1.807) is 0 Å². The highest BCUT2D eigenvalue weighted by molar-refractivity contribution is 5.76. The fraction of sp³-hybridized carbons (Fsp3) is 0.429. The number of hydrogen-bond donors (Lipinski definition) is 1. The Labute approximate surface area is 159 Å². The quantitative estimate of drug-likeness (QED) is 0.771. The molecule has 27 heavy (non-hydrogen) atoms. The van der Waals surface area contributed by atoms with Crippen molar-refractivity contribution in [3.8, 4) is 0 Å². The number of benzene rings is 1. The summed E-state index contributed by atoms with van der Waals surface area (Å²) in [6, 6.07) is 10.3. The van der Waals surface area contributed by atoms with Gasteiger partial charge in [0.1, 0.15) is 5.82 Å². The topological polar surface area (TPSA) is 66.8 Å². The lowest BCUT2D eigenvalue weighted by molar-refractivity contribution is 0.424. The van der Waals surface area contributed by atoms with E-state index in [0.29, 0.717) is 5.92 Å². The van der Waals surface area contributed by atoms with Gasteiger partial charge in [0.15, 0.2) is 5.82 Å². The Morgan fingerprint density at radius 1 is 1.04 bits per heavy atom. The molecule has 1 aromatic carbocycles. The van der Waals surface area contributed by atoms with E-state index in [4.69, 9.17) is 4.98 Å².